The molecule has 0 amide bonds. The summed E-state index contributed by atoms with van der Waals surface area (Å²) in [5.74, 6) is 0.649. The minimum Gasteiger partial charge on any atom is -0.497 e. The molecule has 3 rings (SSSR count). The van der Waals surface area contributed by atoms with Crippen molar-refractivity contribution >= 4 is 26.5 Å². The molecule has 0 atom stereocenters. The van der Waals surface area contributed by atoms with Gasteiger partial charge >= 0.3 is 6.18 Å². The van der Waals surface area contributed by atoms with Gasteiger partial charge in [-0.15, -0.1) is 0 Å². The molecule has 3 aromatic carbocycles. The van der Waals surface area contributed by atoms with Crippen LogP contribution < -0.4 is 9.46 Å². The highest BCUT2D eigenvalue weighted by Crippen LogP contribution is 2.30. The third-order valence-electron chi connectivity index (χ3n) is 3.79. The second-order valence-corrected chi connectivity index (χ2v) is 7.24. The molecule has 1 N–H and O–H groups in total. The second kappa shape index (κ2) is 6.53. The van der Waals surface area contributed by atoms with E-state index in [-0.39, 0.29) is 10.6 Å². The molecule has 0 radical (unpaired) electrons. The van der Waals surface area contributed by atoms with Crippen molar-refractivity contribution in [2.75, 3.05) is 11.8 Å². The average molecular weight is 381 g/mol. The van der Waals surface area contributed by atoms with Crippen LogP contribution in [0.5, 0.6) is 5.75 Å². The molecule has 136 valence electrons. The Morgan fingerprint density at radius 3 is 2.12 bits per heavy atom. The van der Waals surface area contributed by atoms with Crippen LogP contribution in [0, 0.1) is 0 Å². The molecular formula is C18H14F3NO3S. The van der Waals surface area contributed by atoms with Crippen molar-refractivity contribution in [1.82, 2.24) is 0 Å². The van der Waals surface area contributed by atoms with Crippen LogP contribution in [0.15, 0.2) is 65.6 Å². The molecule has 26 heavy (non-hydrogen) atoms. The zero-order valence-corrected chi connectivity index (χ0v) is 14.4. The molecule has 0 aliphatic heterocycles. The summed E-state index contributed by atoms with van der Waals surface area (Å²) in [5, 5.41) is 1.50. The van der Waals surface area contributed by atoms with Gasteiger partial charge in [-0.25, -0.2) is 8.42 Å². The van der Waals surface area contributed by atoms with E-state index in [1.807, 2.05) is 0 Å². The van der Waals surface area contributed by atoms with E-state index < -0.39 is 21.8 Å². The second-order valence-electron chi connectivity index (χ2n) is 5.56. The molecule has 0 saturated heterocycles. The molecule has 0 saturated carbocycles. The first-order chi connectivity index (χ1) is 12.2. The van der Waals surface area contributed by atoms with E-state index in [4.69, 9.17) is 4.74 Å². The Bertz CT molecular complexity index is 1050. The van der Waals surface area contributed by atoms with Crippen LogP contribution >= 0.6 is 0 Å². The quantitative estimate of drug-likeness (QED) is 0.715. The summed E-state index contributed by atoms with van der Waals surface area (Å²) < 4.78 is 70.1. The fourth-order valence-electron chi connectivity index (χ4n) is 2.44. The van der Waals surface area contributed by atoms with E-state index in [0.29, 0.717) is 11.1 Å². The maximum atomic E-state index is 12.6. The normalized spacial score (nSPS) is 12.2. The lowest BCUT2D eigenvalue weighted by Gasteiger charge is -2.11. The highest BCUT2D eigenvalue weighted by atomic mass is 32.2. The topological polar surface area (TPSA) is 55.4 Å². The van der Waals surface area contributed by atoms with Gasteiger partial charge in [0.15, 0.2) is 0 Å². The summed E-state index contributed by atoms with van der Waals surface area (Å²) in [6.07, 6.45) is -4.48. The number of alkyl halides is 3. The number of sulfonamides is 1. The van der Waals surface area contributed by atoms with E-state index in [1.54, 1.807) is 24.3 Å². The first-order valence-corrected chi connectivity index (χ1v) is 8.95. The van der Waals surface area contributed by atoms with E-state index >= 15 is 0 Å². The summed E-state index contributed by atoms with van der Waals surface area (Å²) >= 11 is 0. The summed E-state index contributed by atoms with van der Waals surface area (Å²) in [7, 11) is -2.40. The Kier molecular flexibility index (Phi) is 4.53. The summed E-state index contributed by atoms with van der Waals surface area (Å²) in [6.45, 7) is 0. The zero-order chi connectivity index (χ0) is 18.9. The van der Waals surface area contributed by atoms with E-state index in [0.717, 1.165) is 29.7 Å². The number of hydrogen-bond acceptors (Lipinski definition) is 3. The van der Waals surface area contributed by atoms with Gasteiger partial charge in [0.1, 0.15) is 5.75 Å². The van der Waals surface area contributed by atoms with Crippen molar-refractivity contribution in [3.8, 4) is 5.75 Å². The van der Waals surface area contributed by atoms with Crippen molar-refractivity contribution in [2.24, 2.45) is 0 Å². The van der Waals surface area contributed by atoms with Gasteiger partial charge in [0.2, 0.25) is 0 Å². The van der Waals surface area contributed by atoms with Gasteiger partial charge in [-0.1, -0.05) is 12.1 Å². The number of benzene rings is 3. The molecular weight excluding hydrogens is 367 g/mol. The van der Waals surface area contributed by atoms with Crippen LogP contribution in [0.1, 0.15) is 5.56 Å². The number of hydrogen-bond donors (Lipinski definition) is 1. The molecule has 0 spiro atoms. The van der Waals surface area contributed by atoms with E-state index in [2.05, 4.69) is 4.72 Å². The molecule has 4 nitrogen and oxygen atoms in total. The van der Waals surface area contributed by atoms with Crippen LogP contribution in [0.2, 0.25) is 0 Å². The van der Waals surface area contributed by atoms with Gasteiger partial charge in [-0.3, -0.25) is 4.72 Å². The van der Waals surface area contributed by atoms with Gasteiger partial charge in [-0.2, -0.15) is 13.2 Å². The number of methoxy groups -OCH3 is 1. The Morgan fingerprint density at radius 1 is 0.885 bits per heavy atom. The predicted octanol–water partition coefficient (Wildman–Crippen LogP) is 4.67. The first-order valence-electron chi connectivity index (χ1n) is 7.47. The highest BCUT2D eigenvalue weighted by molar-refractivity contribution is 7.92. The van der Waals surface area contributed by atoms with Crippen LogP contribution in [0.4, 0.5) is 18.9 Å². The predicted molar refractivity (Wildman–Crippen MR) is 92.8 cm³/mol. The molecule has 8 heteroatoms. The minimum atomic E-state index is -4.48. The van der Waals surface area contributed by atoms with Crippen molar-refractivity contribution in [1.29, 1.82) is 0 Å². The van der Waals surface area contributed by atoms with E-state index in [1.165, 1.54) is 19.2 Å². The van der Waals surface area contributed by atoms with E-state index in [9.17, 15) is 21.6 Å². The van der Waals surface area contributed by atoms with Gasteiger partial charge in [-0.05, 0) is 59.3 Å². The monoisotopic (exact) mass is 381 g/mol. The molecule has 0 heterocycles. The SMILES string of the molecule is COc1ccc2cc(S(=O)(=O)Nc3ccc(C(F)(F)F)cc3)ccc2c1. The molecule has 0 unspecified atom stereocenters. The maximum Gasteiger partial charge on any atom is 0.416 e. The van der Waals surface area contributed by atoms with Crippen LogP contribution in [0.25, 0.3) is 10.8 Å². The van der Waals surface area contributed by atoms with Crippen molar-refractivity contribution in [2.45, 2.75) is 11.1 Å². The Labute approximate surface area is 148 Å². The largest absolute Gasteiger partial charge is 0.497 e. The molecule has 0 aliphatic rings. The lowest BCUT2D eigenvalue weighted by molar-refractivity contribution is -0.137. The number of halogens is 3. The summed E-state index contributed by atoms with van der Waals surface area (Å²) in [6, 6.07) is 13.6. The maximum absolute atomic E-state index is 12.6. The van der Waals surface area contributed by atoms with Crippen LogP contribution in [0.3, 0.4) is 0 Å². The fourth-order valence-corrected chi connectivity index (χ4v) is 3.53. The smallest absolute Gasteiger partial charge is 0.416 e. The lowest BCUT2D eigenvalue weighted by atomic mass is 10.1. The minimum absolute atomic E-state index is 0.00932. The molecule has 3 aromatic rings. The van der Waals surface area contributed by atoms with Gasteiger partial charge in [0.05, 0.1) is 17.6 Å². The number of ether oxygens (including phenoxy) is 1. The van der Waals surface area contributed by atoms with Gasteiger partial charge < -0.3 is 4.74 Å². The number of anilines is 1. The first kappa shape index (κ1) is 18.1. The number of fused-ring (bicyclic) bond motifs is 1. The molecule has 0 aliphatic carbocycles. The van der Waals surface area contributed by atoms with Crippen LogP contribution in [-0.2, 0) is 16.2 Å². The summed E-state index contributed by atoms with van der Waals surface area (Å²) in [5.41, 5.74) is -0.798. The Balaban J connectivity index is 1.89. The zero-order valence-electron chi connectivity index (χ0n) is 13.5. The number of rotatable bonds is 4. The molecule has 0 bridgehead atoms. The fraction of sp³-hybridized carbons (Fsp3) is 0.111. The van der Waals surface area contributed by atoms with Crippen molar-refractivity contribution < 1.29 is 26.3 Å². The third-order valence-corrected chi connectivity index (χ3v) is 5.17. The third kappa shape index (κ3) is 3.75. The van der Waals surface area contributed by atoms with Gasteiger partial charge in [0.25, 0.3) is 10.0 Å². The Morgan fingerprint density at radius 2 is 1.50 bits per heavy atom. The highest BCUT2D eigenvalue weighted by Gasteiger charge is 2.30. The Hall–Kier alpha value is -2.74. The van der Waals surface area contributed by atoms with Crippen LogP contribution in [-0.4, -0.2) is 15.5 Å². The van der Waals surface area contributed by atoms with Crippen molar-refractivity contribution in [3.63, 3.8) is 0 Å². The standard InChI is InChI=1S/C18H14F3NO3S/c1-25-16-8-2-13-11-17(9-3-12(13)10-16)26(23,24)22-15-6-4-14(5-7-15)18(19,20)21/h2-11,22H,1H3. The lowest BCUT2D eigenvalue weighted by Crippen LogP contribution is -2.13. The summed E-state index contributed by atoms with van der Waals surface area (Å²) in [4.78, 5) is 0.00932. The average Bonchev–Trinajstić information content (AvgIpc) is 2.60. The molecule has 0 aromatic heterocycles. The number of nitrogens with one attached hydrogen (secondary N) is 1. The molecule has 0 fully saturated rings. The van der Waals surface area contributed by atoms with Crippen molar-refractivity contribution in [3.05, 3.63) is 66.2 Å². The van der Waals surface area contributed by atoms with Gasteiger partial charge in [0, 0.05) is 5.69 Å².